The zero-order valence-corrected chi connectivity index (χ0v) is 42.9. The van der Waals surface area contributed by atoms with Crippen molar-refractivity contribution >= 4 is 17.9 Å². The third-order valence-electron chi connectivity index (χ3n) is 11.9. The lowest BCUT2D eigenvalue weighted by atomic mass is 10.1. The quantitative estimate of drug-likeness (QED) is 0.0281. The largest absolute Gasteiger partial charge is 0.477 e. The highest BCUT2D eigenvalue weighted by Crippen LogP contribution is 2.15. The van der Waals surface area contributed by atoms with Crippen LogP contribution in [0, 0.1) is 0 Å². The summed E-state index contributed by atoms with van der Waals surface area (Å²) in [6.45, 7) is 4.63. The SMILES string of the molecule is CC/C=C/C/C=C/C/C=C/CCCCCCCCCCCC(=O)OCC(COCCC(C(=O)O)[N+](C)(C)C)OC(=O)CCCCCCCCC/C=C/C/C=C/CCCCCCCCCC. The molecule has 1 N–H and O–H groups in total. The maximum atomic E-state index is 12.8. The van der Waals surface area contributed by atoms with Crippen LogP contribution in [0.4, 0.5) is 0 Å². The first-order valence-corrected chi connectivity index (χ1v) is 26.8. The fourth-order valence-electron chi connectivity index (χ4n) is 7.78. The predicted octanol–water partition coefficient (Wildman–Crippen LogP) is 15.7. The number of rotatable bonds is 48. The van der Waals surface area contributed by atoms with Gasteiger partial charge in [-0.05, 0) is 77.0 Å². The summed E-state index contributed by atoms with van der Waals surface area (Å²) in [5.74, 6) is -1.48. The summed E-state index contributed by atoms with van der Waals surface area (Å²) in [4.78, 5) is 37.2. The highest BCUT2D eigenvalue weighted by atomic mass is 16.6. The molecule has 0 radical (unpaired) electrons. The molecule has 0 aliphatic carbocycles. The van der Waals surface area contributed by atoms with Crippen molar-refractivity contribution in [2.24, 2.45) is 0 Å². The number of carbonyl (C=O) groups excluding carboxylic acids is 2. The van der Waals surface area contributed by atoms with E-state index in [0.29, 0.717) is 19.3 Å². The number of unbranched alkanes of at least 4 members (excludes halogenated alkanes) is 24. The number of likely N-dealkylation sites (N-methyl/N-ethyl adjacent to an activating group) is 1. The average Bonchev–Trinajstić information content (AvgIpc) is 3.27. The van der Waals surface area contributed by atoms with Crippen molar-refractivity contribution < 1.29 is 38.2 Å². The van der Waals surface area contributed by atoms with Gasteiger partial charge in [0.25, 0.3) is 0 Å². The molecule has 8 heteroatoms. The van der Waals surface area contributed by atoms with Gasteiger partial charge in [0, 0.05) is 19.3 Å². The number of esters is 2. The third kappa shape index (κ3) is 46.0. The molecule has 0 aromatic carbocycles. The molecule has 0 aliphatic heterocycles. The van der Waals surface area contributed by atoms with E-state index in [0.717, 1.165) is 77.0 Å². The van der Waals surface area contributed by atoms with Crippen LogP contribution in [0.5, 0.6) is 0 Å². The number of carbonyl (C=O) groups is 3. The second-order valence-electron chi connectivity index (χ2n) is 19.1. The standard InChI is InChI=1S/C57H101NO7/c1-6-8-10-12-14-16-18-20-22-24-26-27-28-30-32-34-36-38-40-42-44-46-48-56(60)65-53(51-63-50-49-54(57(61)62)58(3,4)5)52-64-55(59)47-45-43-41-39-37-35-33-31-29-25-23-21-19-17-15-13-11-9-7-2/h9,11,15,17,21,23-24,26,28,30,53-54H,6-8,10,12-14,16,18-20,22,25,27,29,31-52H2,1-5H3/p+1/b11-9+,17-15+,23-21+,26-24+,30-28+. The van der Waals surface area contributed by atoms with E-state index in [-0.39, 0.29) is 36.2 Å². The number of carboxylic acid groups (broad SMARTS) is 1. The van der Waals surface area contributed by atoms with Gasteiger partial charge in [0.2, 0.25) is 0 Å². The Morgan fingerprint density at radius 1 is 0.477 bits per heavy atom. The second-order valence-corrected chi connectivity index (χ2v) is 19.1. The molecule has 0 bridgehead atoms. The summed E-state index contributed by atoms with van der Waals surface area (Å²) >= 11 is 0. The van der Waals surface area contributed by atoms with Gasteiger partial charge in [0.15, 0.2) is 12.1 Å². The fraction of sp³-hybridized carbons (Fsp3) is 0.772. The predicted molar refractivity (Wildman–Crippen MR) is 275 cm³/mol. The van der Waals surface area contributed by atoms with Crippen LogP contribution in [-0.4, -0.2) is 80.6 Å². The molecule has 0 rings (SSSR count). The van der Waals surface area contributed by atoms with E-state index in [9.17, 15) is 19.5 Å². The molecule has 376 valence electrons. The number of nitrogens with zero attached hydrogens (tertiary/aromatic N) is 1. The first-order valence-electron chi connectivity index (χ1n) is 26.8. The van der Waals surface area contributed by atoms with Crippen molar-refractivity contribution in [3.8, 4) is 0 Å². The molecule has 0 amide bonds. The Hall–Kier alpha value is -2.97. The number of quaternary nitrogens is 1. The second kappa shape index (κ2) is 47.5. The monoisotopic (exact) mass is 913 g/mol. The van der Waals surface area contributed by atoms with Crippen LogP contribution in [0.1, 0.15) is 232 Å². The number of carboxylic acids is 1. The molecule has 0 heterocycles. The van der Waals surface area contributed by atoms with Crippen LogP contribution in [0.15, 0.2) is 60.8 Å². The Morgan fingerprint density at radius 3 is 1.28 bits per heavy atom. The van der Waals surface area contributed by atoms with Crippen LogP contribution in [0.2, 0.25) is 0 Å². The topological polar surface area (TPSA) is 99.1 Å². The molecule has 0 aromatic rings. The Morgan fingerprint density at radius 2 is 0.862 bits per heavy atom. The Bertz CT molecular complexity index is 1250. The van der Waals surface area contributed by atoms with Crippen LogP contribution in [-0.2, 0) is 28.6 Å². The Kier molecular flexibility index (Phi) is 45.3. The maximum absolute atomic E-state index is 12.8. The van der Waals surface area contributed by atoms with Gasteiger partial charge in [-0.15, -0.1) is 0 Å². The minimum absolute atomic E-state index is 0.0550. The lowest BCUT2D eigenvalue weighted by molar-refractivity contribution is -0.887. The minimum Gasteiger partial charge on any atom is -0.477 e. The zero-order chi connectivity index (χ0) is 47.7. The molecule has 8 nitrogen and oxygen atoms in total. The average molecular weight is 913 g/mol. The van der Waals surface area contributed by atoms with Crippen molar-refractivity contribution in [2.45, 2.75) is 244 Å². The van der Waals surface area contributed by atoms with Crippen molar-refractivity contribution in [2.75, 3.05) is 41.0 Å². The smallest absolute Gasteiger partial charge is 0.362 e. The highest BCUT2D eigenvalue weighted by Gasteiger charge is 2.31. The maximum Gasteiger partial charge on any atom is 0.362 e. The molecule has 0 aliphatic rings. The zero-order valence-electron chi connectivity index (χ0n) is 42.9. The van der Waals surface area contributed by atoms with Gasteiger partial charge in [0.05, 0.1) is 34.4 Å². The summed E-state index contributed by atoms with van der Waals surface area (Å²) in [7, 11) is 5.53. The molecule has 65 heavy (non-hydrogen) atoms. The summed E-state index contributed by atoms with van der Waals surface area (Å²) in [5, 5.41) is 9.66. The lowest BCUT2D eigenvalue weighted by Crippen LogP contribution is -2.50. The summed E-state index contributed by atoms with van der Waals surface area (Å²) < 4.78 is 17.4. The lowest BCUT2D eigenvalue weighted by Gasteiger charge is -2.31. The number of hydrogen-bond acceptors (Lipinski definition) is 6. The fourth-order valence-corrected chi connectivity index (χ4v) is 7.78. The normalized spacial score (nSPS) is 13.3. The molecule has 0 aromatic heterocycles. The number of allylic oxidation sites excluding steroid dienone is 10. The van der Waals surface area contributed by atoms with Crippen LogP contribution < -0.4 is 0 Å². The van der Waals surface area contributed by atoms with Crippen LogP contribution >= 0.6 is 0 Å². The van der Waals surface area contributed by atoms with E-state index >= 15 is 0 Å². The summed E-state index contributed by atoms with van der Waals surface area (Å²) in [6, 6.07) is -0.620. The first-order chi connectivity index (χ1) is 31.6. The van der Waals surface area contributed by atoms with Gasteiger partial charge in [-0.1, -0.05) is 197 Å². The molecular formula is C57H102NO7+. The molecule has 0 saturated carbocycles. The molecule has 2 unspecified atom stereocenters. The molecular weight excluding hydrogens is 811 g/mol. The van der Waals surface area contributed by atoms with Gasteiger partial charge in [0.1, 0.15) is 6.61 Å². The summed E-state index contributed by atoms with van der Waals surface area (Å²) in [6.07, 6.45) is 59.9. The van der Waals surface area contributed by atoms with E-state index in [1.54, 1.807) is 0 Å². The van der Waals surface area contributed by atoms with E-state index < -0.39 is 18.1 Å². The van der Waals surface area contributed by atoms with Crippen LogP contribution in [0.25, 0.3) is 0 Å². The van der Waals surface area contributed by atoms with E-state index in [1.165, 1.54) is 122 Å². The molecule has 0 saturated heterocycles. The Labute approximate surface area is 400 Å². The minimum atomic E-state index is -0.877. The van der Waals surface area contributed by atoms with Crippen molar-refractivity contribution in [1.82, 2.24) is 0 Å². The first kappa shape index (κ1) is 62.0. The van der Waals surface area contributed by atoms with E-state index in [2.05, 4.69) is 74.6 Å². The van der Waals surface area contributed by atoms with Gasteiger partial charge in [-0.2, -0.15) is 0 Å². The van der Waals surface area contributed by atoms with E-state index in [4.69, 9.17) is 14.2 Å². The van der Waals surface area contributed by atoms with Gasteiger partial charge < -0.3 is 23.8 Å². The Balaban J connectivity index is 4.24. The number of ether oxygens (including phenoxy) is 3. The molecule has 0 spiro atoms. The molecule has 2 atom stereocenters. The molecule has 0 fully saturated rings. The van der Waals surface area contributed by atoms with E-state index in [1.807, 2.05) is 21.1 Å². The van der Waals surface area contributed by atoms with Gasteiger partial charge in [-0.25, -0.2) is 4.79 Å². The number of aliphatic carboxylic acids is 1. The van der Waals surface area contributed by atoms with Crippen molar-refractivity contribution in [3.05, 3.63) is 60.8 Å². The van der Waals surface area contributed by atoms with Crippen molar-refractivity contribution in [3.63, 3.8) is 0 Å². The third-order valence-corrected chi connectivity index (χ3v) is 11.9. The van der Waals surface area contributed by atoms with Gasteiger partial charge >= 0.3 is 17.9 Å². The summed E-state index contributed by atoms with van der Waals surface area (Å²) in [5.41, 5.74) is 0. The highest BCUT2D eigenvalue weighted by molar-refractivity contribution is 5.72. The van der Waals surface area contributed by atoms with Crippen molar-refractivity contribution in [1.29, 1.82) is 0 Å². The van der Waals surface area contributed by atoms with Gasteiger partial charge in [-0.3, -0.25) is 9.59 Å². The number of hydrogen-bond donors (Lipinski definition) is 1. The van der Waals surface area contributed by atoms with Crippen LogP contribution in [0.3, 0.4) is 0 Å².